The first-order valence-electron chi connectivity index (χ1n) is 10.6. The summed E-state index contributed by atoms with van der Waals surface area (Å²) in [6, 6.07) is 14.0. The fourth-order valence-electron chi connectivity index (χ4n) is 4.17. The Bertz CT molecular complexity index is 1410. The molecule has 0 aliphatic carbocycles. The van der Waals surface area contributed by atoms with Gasteiger partial charge in [0.05, 0.1) is 16.0 Å². The van der Waals surface area contributed by atoms with Crippen molar-refractivity contribution >= 4 is 28.1 Å². The Morgan fingerprint density at radius 2 is 2.06 bits per heavy atom. The van der Waals surface area contributed by atoms with E-state index in [4.69, 9.17) is 11.0 Å². The number of hydrogen-bond acceptors (Lipinski definition) is 6. The molecule has 164 valence electrons. The lowest BCUT2D eigenvalue weighted by molar-refractivity contribution is 0.0714. The third-order valence-electron chi connectivity index (χ3n) is 5.86. The molecule has 1 saturated heterocycles. The quantitative estimate of drug-likeness (QED) is 0.485. The van der Waals surface area contributed by atoms with Gasteiger partial charge in [0, 0.05) is 41.2 Å². The molecule has 0 unspecified atom stereocenters. The van der Waals surface area contributed by atoms with Gasteiger partial charge in [0.15, 0.2) is 0 Å². The van der Waals surface area contributed by atoms with Gasteiger partial charge in [-0.25, -0.2) is 14.4 Å². The Kier molecular flexibility index (Phi) is 5.58. The number of thiophene rings is 1. The number of likely N-dealkylation sites (tertiary alicyclic amines) is 1. The number of halogens is 1. The van der Waals surface area contributed by atoms with Crippen molar-refractivity contribution in [1.29, 1.82) is 5.26 Å². The average Bonchev–Trinajstić information content (AvgIpc) is 3.29. The highest BCUT2D eigenvalue weighted by Crippen LogP contribution is 2.41. The zero-order valence-corrected chi connectivity index (χ0v) is 18.5. The molecule has 1 aliphatic heterocycles. The summed E-state index contributed by atoms with van der Waals surface area (Å²) in [5, 5.41) is 9.97. The fraction of sp³-hybridized carbons (Fsp3) is 0.200. The summed E-state index contributed by atoms with van der Waals surface area (Å²) >= 11 is 1.37. The normalized spacial score (nSPS) is 16.0. The second kappa shape index (κ2) is 8.70. The van der Waals surface area contributed by atoms with E-state index >= 15 is 0 Å². The molecule has 0 radical (unpaired) electrons. The van der Waals surface area contributed by atoms with Crippen molar-refractivity contribution in [3.8, 4) is 27.6 Å². The maximum atomic E-state index is 14.5. The molecule has 1 fully saturated rings. The first-order chi connectivity index (χ1) is 16.0. The Morgan fingerprint density at radius 3 is 2.85 bits per heavy atom. The maximum absolute atomic E-state index is 14.5. The van der Waals surface area contributed by atoms with Crippen LogP contribution in [0.5, 0.6) is 0 Å². The van der Waals surface area contributed by atoms with Gasteiger partial charge in [-0.15, -0.1) is 11.3 Å². The van der Waals surface area contributed by atoms with Crippen LogP contribution in [0.1, 0.15) is 28.1 Å². The molecule has 0 saturated carbocycles. The van der Waals surface area contributed by atoms with Gasteiger partial charge in [0.25, 0.3) is 5.91 Å². The van der Waals surface area contributed by atoms with Gasteiger partial charge < -0.3 is 10.6 Å². The van der Waals surface area contributed by atoms with Crippen molar-refractivity contribution in [2.24, 2.45) is 5.73 Å². The third kappa shape index (κ3) is 4.09. The summed E-state index contributed by atoms with van der Waals surface area (Å²) in [6.07, 6.45) is 5.03. The Hall–Kier alpha value is -3.67. The van der Waals surface area contributed by atoms with Gasteiger partial charge in [0.2, 0.25) is 0 Å². The minimum absolute atomic E-state index is 0.0167. The average molecular weight is 458 g/mol. The maximum Gasteiger partial charge on any atom is 0.264 e. The molecule has 1 atom stereocenters. The zero-order valence-electron chi connectivity index (χ0n) is 17.7. The van der Waals surface area contributed by atoms with Crippen LogP contribution in [0.2, 0.25) is 0 Å². The molecule has 0 bridgehead atoms. The van der Waals surface area contributed by atoms with Crippen LogP contribution in [0.3, 0.4) is 0 Å². The van der Waals surface area contributed by atoms with Crippen molar-refractivity contribution in [2.75, 3.05) is 13.1 Å². The van der Waals surface area contributed by atoms with Gasteiger partial charge in [-0.3, -0.25) is 4.79 Å². The number of carbonyl (C=O) groups excluding carboxylic acids is 1. The lowest BCUT2D eigenvalue weighted by Gasteiger charge is -2.30. The highest BCUT2D eigenvalue weighted by Gasteiger charge is 2.25. The number of aromatic nitrogens is 2. The fourth-order valence-corrected chi connectivity index (χ4v) is 5.32. The molecule has 6 nitrogen and oxygen atoms in total. The highest BCUT2D eigenvalue weighted by atomic mass is 32.1. The molecule has 33 heavy (non-hydrogen) atoms. The summed E-state index contributed by atoms with van der Waals surface area (Å²) in [6.45, 7) is 1.20. The number of amides is 1. The van der Waals surface area contributed by atoms with E-state index in [2.05, 4.69) is 9.97 Å². The van der Waals surface area contributed by atoms with Gasteiger partial charge in [-0.2, -0.15) is 5.26 Å². The smallest absolute Gasteiger partial charge is 0.264 e. The van der Waals surface area contributed by atoms with Crippen molar-refractivity contribution in [2.45, 2.75) is 18.9 Å². The molecule has 1 aliphatic rings. The molecule has 8 heteroatoms. The van der Waals surface area contributed by atoms with Crippen molar-refractivity contribution in [3.05, 3.63) is 71.2 Å². The SMILES string of the molecule is N#Cc1ccc(-c2cc(C(=O)N3CCC[C@@H](N)C3)sc2-c2ccc3ncncc3c2)cc1F. The Balaban J connectivity index is 1.63. The second-order valence-corrected chi connectivity index (χ2v) is 9.16. The van der Waals surface area contributed by atoms with Crippen LogP contribution >= 0.6 is 11.3 Å². The molecule has 2 aromatic carbocycles. The van der Waals surface area contributed by atoms with Crippen LogP contribution in [0.15, 0.2) is 55.0 Å². The van der Waals surface area contributed by atoms with E-state index in [1.54, 1.807) is 17.2 Å². The van der Waals surface area contributed by atoms with Crippen molar-refractivity contribution < 1.29 is 9.18 Å². The standard InChI is InChI=1S/C25H20FN5OS/c26-21-9-15(3-4-17(21)11-27)20-10-23(25(32)31-7-1-2-19(28)13-31)33-24(20)16-5-6-22-18(8-16)12-29-14-30-22/h3-6,8-10,12,14,19H,1-2,7,13,28H2/t19-/m1/s1. The van der Waals surface area contributed by atoms with Crippen LogP contribution in [0.25, 0.3) is 32.5 Å². The largest absolute Gasteiger partial charge is 0.336 e. The van der Waals surface area contributed by atoms with Crippen LogP contribution in [0, 0.1) is 17.1 Å². The van der Waals surface area contributed by atoms with E-state index in [0.29, 0.717) is 23.5 Å². The van der Waals surface area contributed by atoms with E-state index in [-0.39, 0.29) is 17.5 Å². The first-order valence-corrected chi connectivity index (χ1v) is 11.4. The Labute approximate surface area is 194 Å². The van der Waals surface area contributed by atoms with Gasteiger partial charge in [0.1, 0.15) is 18.2 Å². The minimum Gasteiger partial charge on any atom is -0.336 e. The molecular formula is C25H20FN5OS. The molecule has 1 amide bonds. The van der Waals surface area contributed by atoms with Crippen molar-refractivity contribution in [3.63, 3.8) is 0 Å². The van der Waals surface area contributed by atoms with E-state index in [9.17, 15) is 9.18 Å². The number of hydrogen-bond donors (Lipinski definition) is 1. The van der Waals surface area contributed by atoms with E-state index in [0.717, 1.165) is 39.7 Å². The number of benzene rings is 2. The highest BCUT2D eigenvalue weighted by molar-refractivity contribution is 7.18. The molecule has 3 heterocycles. The van der Waals surface area contributed by atoms with Crippen LogP contribution in [-0.2, 0) is 0 Å². The Morgan fingerprint density at radius 1 is 1.21 bits per heavy atom. The summed E-state index contributed by atoms with van der Waals surface area (Å²) in [5.74, 6) is -0.658. The number of nitrogens with two attached hydrogens (primary N) is 1. The summed E-state index contributed by atoms with van der Waals surface area (Å²) in [5.41, 5.74) is 9.12. The summed E-state index contributed by atoms with van der Waals surface area (Å²) < 4.78 is 14.5. The monoisotopic (exact) mass is 457 g/mol. The van der Waals surface area contributed by atoms with Gasteiger partial charge >= 0.3 is 0 Å². The summed E-state index contributed by atoms with van der Waals surface area (Å²) in [4.78, 5) is 24.9. The lowest BCUT2D eigenvalue weighted by atomic mass is 10.00. The molecular weight excluding hydrogens is 437 g/mol. The first kappa shape index (κ1) is 21.2. The van der Waals surface area contributed by atoms with Gasteiger partial charge in [-0.1, -0.05) is 12.1 Å². The van der Waals surface area contributed by atoms with E-state index < -0.39 is 5.82 Å². The molecule has 2 N–H and O–H groups in total. The van der Waals surface area contributed by atoms with Crippen LogP contribution < -0.4 is 5.73 Å². The predicted octanol–water partition coefficient (Wildman–Crippen LogP) is 4.60. The number of nitriles is 1. The number of carbonyl (C=O) groups is 1. The van der Waals surface area contributed by atoms with E-state index in [1.807, 2.05) is 30.3 Å². The number of rotatable bonds is 3. The number of piperidine rings is 1. The van der Waals surface area contributed by atoms with Crippen LogP contribution in [0.4, 0.5) is 4.39 Å². The molecule has 0 spiro atoms. The van der Waals surface area contributed by atoms with E-state index in [1.165, 1.54) is 29.8 Å². The number of nitrogens with zero attached hydrogens (tertiary/aromatic N) is 4. The summed E-state index contributed by atoms with van der Waals surface area (Å²) in [7, 11) is 0. The predicted molar refractivity (Wildman–Crippen MR) is 126 cm³/mol. The number of fused-ring (bicyclic) bond motifs is 1. The van der Waals surface area contributed by atoms with Crippen LogP contribution in [-0.4, -0.2) is 39.9 Å². The topological polar surface area (TPSA) is 95.9 Å². The third-order valence-corrected chi connectivity index (χ3v) is 7.03. The second-order valence-electron chi connectivity index (χ2n) is 8.11. The molecule has 5 rings (SSSR count). The van der Waals surface area contributed by atoms with Gasteiger partial charge in [-0.05, 0) is 54.3 Å². The lowest BCUT2D eigenvalue weighted by Crippen LogP contribution is -2.45. The zero-order chi connectivity index (χ0) is 22.9. The minimum atomic E-state index is -0.589. The molecule has 2 aromatic heterocycles. The molecule has 4 aromatic rings. The van der Waals surface area contributed by atoms with Crippen molar-refractivity contribution in [1.82, 2.24) is 14.9 Å².